The highest BCUT2D eigenvalue weighted by Gasteiger charge is 2.18. The highest BCUT2D eigenvalue weighted by molar-refractivity contribution is 5.34. The molecule has 1 atom stereocenters. The quantitative estimate of drug-likeness (QED) is 0.642. The highest BCUT2D eigenvalue weighted by Crippen LogP contribution is 2.25. The number of rotatable bonds is 3. The topological polar surface area (TPSA) is 55.9 Å². The molecule has 0 saturated heterocycles. The number of aryl methyl sites for hydroxylation is 2. The van der Waals surface area contributed by atoms with Crippen molar-refractivity contribution in [1.82, 2.24) is 15.2 Å². The van der Waals surface area contributed by atoms with Gasteiger partial charge in [0.25, 0.3) is 0 Å². The van der Waals surface area contributed by atoms with Crippen LogP contribution < -0.4 is 11.3 Å². The number of nitrogens with one attached hydrogen (secondary N) is 1. The van der Waals surface area contributed by atoms with E-state index < -0.39 is 0 Å². The summed E-state index contributed by atoms with van der Waals surface area (Å²) in [5, 5.41) is 4.18. The van der Waals surface area contributed by atoms with Crippen LogP contribution in [0.25, 0.3) is 0 Å². The Morgan fingerprint density at radius 3 is 2.61 bits per heavy atom. The molecule has 4 nitrogen and oxygen atoms in total. The van der Waals surface area contributed by atoms with Gasteiger partial charge in [0.15, 0.2) is 0 Å². The Hall–Kier alpha value is -1.72. The van der Waals surface area contributed by atoms with Gasteiger partial charge in [-0.15, -0.1) is 0 Å². The molecule has 2 rings (SSSR count). The molecule has 0 aliphatic carbocycles. The van der Waals surface area contributed by atoms with Crippen molar-refractivity contribution in [1.29, 1.82) is 0 Å². The predicted octanol–water partition coefficient (Wildman–Crippen LogP) is 1.73. The van der Waals surface area contributed by atoms with E-state index in [2.05, 4.69) is 10.5 Å². The zero-order chi connectivity index (χ0) is 13.3. The third-order valence-corrected chi connectivity index (χ3v) is 3.28. The van der Waals surface area contributed by atoms with Gasteiger partial charge in [0.05, 0.1) is 12.2 Å². The maximum atomic E-state index is 13.6. The summed E-state index contributed by atoms with van der Waals surface area (Å²) >= 11 is 0. The lowest BCUT2D eigenvalue weighted by Crippen LogP contribution is -2.29. The second-order valence-corrected chi connectivity index (χ2v) is 4.42. The standard InChI is InChI=1S/C13H17FN4/c1-8-4-5-10(6-12(8)14)13(17-15)11-7-16-18(3)9(11)2/h4-7,13,17H,15H2,1-3H3. The second-order valence-electron chi connectivity index (χ2n) is 4.42. The fourth-order valence-electron chi connectivity index (χ4n) is 1.95. The van der Waals surface area contributed by atoms with Gasteiger partial charge < -0.3 is 0 Å². The van der Waals surface area contributed by atoms with Gasteiger partial charge in [-0.1, -0.05) is 12.1 Å². The number of halogens is 1. The number of nitrogens with zero attached hydrogens (tertiary/aromatic N) is 2. The van der Waals surface area contributed by atoms with Crippen LogP contribution in [0.5, 0.6) is 0 Å². The largest absolute Gasteiger partial charge is 0.273 e. The lowest BCUT2D eigenvalue weighted by molar-refractivity contribution is 0.597. The highest BCUT2D eigenvalue weighted by atomic mass is 19.1. The molecule has 1 aromatic heterocycles. The van der Waals surface area contributed by atoms with E-state index in [9.17, 15) is 4.39 Å². The average molecular weight is 248 g/mol. The molecule has 0 aliphatic heterocycles. The van der Waals surface area contributed by atoms with Gasteiger partial charge in [-0.05, 0) is 31.0 Å². The van der Waals surface area contributed by atoms with E-state index >= 15 is 0 Å². The first kappa shape index (κ1) is 12.7. The maximum Gasteiger partial charge on any atom is 0.126 e. The van der Waals surface area contributed by atoms with Crippen LogP contribution >= 0.6 is 0 Å². The van der Waals surface area contributed by atoms with E-state index in [1.807, 2.05) is 20.0 Å². The van der Waals surface area contributed by atoms with E-state index in [4.69, 9.17) is 5.84 Å². The predicted molar refractivity (Wildman–Crippen MR) is 68.2 cm³/mol. The van der Waals surface area contributed by atoms with Crippen molar-refractivity contribution in [3.63, 3.8) is 0 Å². The van der Waals surface area contributed by atoms with Gasteiger partial charge in [0, 0.05) is 18.3 Å². The Labute approximate surface area is 106 Å². The van der Waals surface area contributed by atoms with Gasteiger partial charge in [-0.25, -0.2) is 9.82 Å². The van der Waals surface area contributed by atoms with Crippen LogP contribution in [0.4, 0.5) is 4.39 Å². The zero-order valence-electron chi connectivity index (χ0n) is 10.7. The molecule has 0 bridgehead atoms. The summed E-state index contributed by atoms with van der Waals surface area (Å²) in [4.78, 5) is 0. The minimum Gasteiger partial charge on any atom is -0.273 e. The van der Waals surface area contributed by atoms with Gasteiger partial charge in [-0.2, -0.15) is 5.10 Å². The van der Waals surface area contributed by atoms with E-state index in [1.54, 1.807) is 23.9 Å². The van der Waals surface area contributed by atoms with E-state index in [1.165, 1.54) is 6.07 Å². The smallest absolute Gasteiger partial charge is 0.126 e. The Morgan fingerprint density at radius 2 is 2.11 bits per heavy atom. The zero-order valence-corrected chi connectivity index (χ0v) is 10.7. The number of hydrogen-bond donors (Lipinski definition) is 2. The first-order valence-corrected chi connectivity index (χ1v) is 5.75. The Bertz CT molecular complexity index is 562. The van der Waals surface area contributed by atoms with E-state index in [0.29, 0.717) is 5.56 Å². The van der Waals surface area contributed by atoms with Crippen molar-refractivity contribution in [2.75, 3.05) is 0 Å². The molecule has 0 fully saturated rings. The molecular weight excluding hydrogens is 231 g/mol. The van der Waals surface area contributed by atoms with Gasteiger partial charge in [0.2, 0.25) is 0 Å². The summed E-state index contributed by atoms with van der Waals surface area (Å²) in [6, 6.07) is 4.87. The maximum absolute atomic E-state index is 13.6. The number of nitrogens with two attached hydrogens (primary N) is 1. The first-order valence-electron chi connectivity index (χ1n) is 5.75. The Morgan fingerprint density at radius 1 is 1.39 bits per heavy atom. The van der Waals surface area contributed by atoms with Crippen molar-refractivity contribution in [2.24, 2.45) is 12.9 Å². The molecule has 0 amide bonds. The first-order chi connectivity index (χ1) is 8.54. The molecule has 1 unspecified atom stereocenters. The fourth-order valence-corrected chi connectivity index (χ4v) is 1.95. The summed E-state index contributed by atoms with van der Waals surface area (Å²) in [7, 11) is 1.86. The summed E-state index contributed by atoms with van der Waals surface area (Å²) in [6.07, 6.45) is 1.75. The molecule has 2 aromatic rings. The van der Waals surface area contributed by atoms with E-state index in [-0.39, 0.29) is 11.9 Å². The number of aromatic nitrogens is 2. The van der Waals surface area contributed by atoms with Crippen molar-refractivity contribution < 1.29 is 4.39 Å². The molecule has 1 aromatic carbocycles. The second kappa shape index (κ2) is 4.88. The van der Waals surface area contributed by atoms with Crippen molar-refractivity contribution in [2.45, 2.75) is 19.9 Å². The van der Waals surface area contributed by atoms with Crippen LogP contribution in [0.15, 0.2) is 24.4 Å². The molecule has 1 heterocycles. The minimum absolute atomic E-state index is 0.228. The lowest BCUT2D eigenvalue weighted by atomic mass is 9.99. The number of hydrogen-bond acceptors (Lipinski definition) is 3. The molecule has 5 heteroatoms. The molecule has 0 radical (unpaired) electrons. The number of hydrazine groups is 1. The van der Waals surface area contributed by atoms with Crippen LogP contribution in [0.3, 0.4) is 0 Å². The minimum atomic E-state index is -0.256. The Balaban J connectivity index is 2.45. The lowest BCUT2D eigenvalue weighted by Gasteiger charge is -2.16. The van der Waals surface area contributed by atoms with Gasteiger partial charge >= 0.3 is 0 Å². The van der Waals surface area contributed by atoms with Crippen LogP contribution in [0.2, 0.25) is 0 Å². The van der Waals surface area contributed by atoms with Crippen molar-refractivity contribution in [3.05, 3.63) is 52.6 Å². The normalized spacial score (nSPS) is 12.7. The molecule has 96 valence electrons. The molecule has 0 aliphatic rings. The summed E-state index contributed by atoms with van der Waals surface area (Å²) in [6.45, 7) is 3.69. The number of benzene rings is 1. The van der Waals surface area contributed by atoms with Crippen LogP contribution in [0.1, 0.15) is 28.4 Å². The molecule has 18 heavy (non-hydrogen) atoms. The SMILES string of the molecule is Cc1ccc(C(NN)c2cnn(C)c2C)cc1F. The molecule has 0 saturated carbocycles. The third-order valence-electron chi connectivity index (χ3n) is 3.28. The molecule has 0 spiro atoms. The monoisotopic (exact) mass is 248 g/mol. The average Bonchev–Trinajstić information content (AvgIpc) is 2.67. The third kappa shape index (κ3) is 2.14. The molecular formula is C13H17FN4. The summed E-state index contributed by atoms with van der Waals surface area (Å²) < 4.78 is 15.4. The summed E-state index contributed by atoms with van der Waals surface area (Å²) in [5.41, 5.74) is 6.07. The van der Waals surface area contributed by atoms with Gasteiger partial charge in [0.1, 0.15) is 5.82 Å². The van der Waals surface area contributed by atoms with Gasteiger partial charge in [-0.3, -0.25) is 10.5 Å². The summed E-state index contributed by atoms with van der Waals surface area (Å²) in [5.74, 6) is 5.37. The fraction of sp³-hybridized carbons (Fsp3) is 0.308. The van der Waals surface area contributed by atoms with Crippen LogP contribution in [-0.2, 0) is 7.05 Å². The molecule has 3 N–H and O–H groups in total. The Kier molecular flexibility index (Phi) is 3.45. The van der Waals surface area contributed by atoms with E-state index in [0.717, 1.165) is 16.8 Å². The van der Waals surface area contributed by atoms with Crippen LogP contribution in [0, 0.1) is 19.7 Å². The van der Waals surface area contributed by atoms with Crippen molar-refractivity contribution >= 4 is 0 Å². The van der Waals surface area contributed by atoms with Crippen LogP contribution in [-0.4, -0.2) is 9.78 Å². The van der Waals surface area contributed by atoms with Crippen molar-refractivity contribution in [3.8, 4) is 0 Å².